The van der Waals surface area contributed by atoms with Crippen molar-refractivity contribution in [2.75, 3.05) is 0 Å². The normalized spacial score (nSPS) is 13.9. The molecule has 0 saturated heterocycles. The zero-order valence-corrected chi connectivity index (χ0v) is 12.4. The van der Waals surface area contributed by atoms with Gasteiger partial charge in [-0.15, -0.1) is 0 Å². The number of hydrogen-bond acceptors (Lipinski definition) is 2. The number of benzene rings is 1. The number of esters is 1. The molecule has 1 aromatic rings. The van der Waals surface area contributed by atoms with Crippen LogP contribution in [0, 0.1) is 5.92 Å². The second-order valence-corrected chi connectivity index (χ2v) is 5.14. The SMILES string of the molecule is C=C/C=C/C(C)CCC(C)OC(=O)Cc1ccccc1. The predicted octanol–water partition coefficient (Wildman–Crippen LogP) is 4.32. The van der Waals surface area contributed by atoms with Gasteiger partial charge < -0.3 is 4.74 Å². The quantitative estimate of drug-likeness (QED) is 0.520. The van der Waals surface area contributed by atoms with Gasteiger partial charge in [0.1, 0.15) is 0 Å². The molecule has 0 spiro atoms. The molecule has 0 fully saturated rings. The first-order valence-corrected chi connectivity index (χ1v) is 7.14. The summed E-state index contributed by atoms with van der Waals surface area (Å²) in [5.74, 6) is 0.321. The number of carbonyl (C=O) groups excluding carboxylic acids is 1. The molecule has 0 heterocycles. The van der Waals surface area contributed by atoms with Crippen molar-refractivity contribution in [3.05, 3.63) is 60.7 Å². The van der Waals surface area contributed by atoms with E-state index in [1.807, 2.05) is 43.3 Å². The molecule has 0 aliphatic heterocycles. The molecule has 0 N–H and O–H groups in total. The Morgan fingerprint density at radius 3 is 2.60 bits per heavy atom. The molecule has 0 aromatic heterocycles. The lowest BCUT2D eigenvalue weighted by atomic mass is 10.0. The first kappa shape index (κ1) is 16.2. The Bertz CT molecular complexity index is 434. The van der Waals surface area contributed by atoms with Gasteiger partial charge in [-0.3, -0.25) is 4.79 Å². The number of rotatable bonds is 8. The maximum Gasteiger partial charge on any atom is 0.310 e. The van der Waals surface area contributed by atoms with E-state index < -0.39 is 0 Å². The fourth-order valence-electron chi connectivity index (χ4n) is 1.95. The van der Waals surface area contributed by atoms with Crippen LogP contribution in [0.1, 0.15) is 32.3 Å². The summed E-state index contributed by atoms with van der Waals surface area (Å²) in [5.41, 5.74) is 0.993. The van der Waals surface area contributed by atoms with Gasteiger partial charge in [-0.1, -0.05) is 62.1 Å². The molecule has 2 heteroatoms. The Kier molecular flexibility index (Phi) is 7.41. The van der Waals surface area contributed by atoms with Gasteiger partial charge in [0.05, 0.1) is 12.5 Å². The van der Waals surface area contributed by atoms with E-state index in [2.05, 4.69) is 19.6 Å². The Hall–Kier alpha value is -1.83. The van der Waals surface area contributed by atoms with Gasteiger partial charge in [-0.05, 0) is 31.2 Å². The van der Waals surface area contributed by atoms with Crippen molar-refractivity contribution in [3.8, 4) is 0 Å². The number of allylic oxidation sites excluding steroid dienone is 3. The van der Waals surface area contributed by atoms with Crippen molar-refractivity contribution in [2.24, 2.45) is 5.92 Å². The average molecular weight is 272 g/mol. The summed E-state index contributed by atoms with van der Waals surface area (Å²) in [6.07, 6.45) is 8.04. The molecule has 2 nitrogen and oxygen atoms in total. The second kappa shape index (κ2) is 9.13. The van der Waals surface area contributed by atoms with Crippen LogP contribution in [-0.4, -0.2) is 12.1 Å². The highest BCUT2D eigenvalue weighted by molar-refractivity contribution is 5.72. The minimum absolute atomic E-state index is 0.0363. The largest absolute Gasteiger partial charge is 0.462 e. The van der Waals surface area contributed by atoms with Crippen LogP contribution in [0.5, 0.6) is 0 Å². The first-order chi connectivity index (χ1) is 9.61. The van der Waals surface area contributed by atoms with Crippen molar-refractivity contribution >= 4 is 5.97 Å². The highest BCUT2D eigenvalue weighted by Gasteiger charge is 2.11. The molecule has 0 amide bonds. The average Bonchev–Trinajstić information content (AvgIpc) is 2.43. The van der Waals surface area contributed by atoms with E-state index >= 15 is 0 Å². The van der Waals surface area contributed by atoms with E-state index in [0.29, 0.717) is 12.3 Å². The summed E-state index contributed by atoms with van der Waals surface area (Å²) in [4.78, 5) is 11.8. The third kappa shape index (κ3) is 6.93. The van der Waals surface area contributed by atoms with Crippen molar-refractivity contribution in [3.63, 3.8) is 0 Å². The molecular weight excluding hydrogens is 248 g/mol. The second-order valence-electron chi connectivity index (χ2n) is 5.14. The molecule has 20 heavy (non-hydrogen) atoms. The van der Waals surface area contributed by atoms with E-state index in [9.17, 15) is 4.79 Å². The summed E-state index contributed by atoms with van der Waals surface area (Å²) < 4.78 is 5.43. The molecule has 0 radical (unpaired) electrons. The van der Waals surface area contributed by atoms with Gasteiger partial charge in [0.15, 0.2) is 0 Å². The molecule has 0 aliphatic carbocycles. The lowest BCUT2D eigenvalue weighted by molar-refractivity contribution is -0.147. The summed E-state index contributed by atoms with van der Waals surface area (Å²) >= 11 is 0. The van der Waals surface area contributed by atoms with Gasteiger partial charge in [-0.2, -0.15) is 0 Å². The molecule has 0 aliphatic rings. The Labute approximate surface area is 122 Å². The van der Waals surface area contributed by atoms with Crippen LogP contribution in [-0.2, 0) is 16.0 Å². The van der Waals surface area contributed by atoms with E-state index in [1.54, 1.807) is 6.08 Å². The van der Waals surface area contributed by atoms with Crippen LogP contribution < -0.4 is 0 Å². The van der Waals surface area contributed by atoms with Crippen molar-refractivity contribution in [1.29, 1.82) is 0 Å². The molecule has 0 saturated carbocycles. The monoisotopic (exact) mass is 272 g/mol. The predicted molar refractivity (Wildman–Crippen MR) is 83.4 cm³/mol. The molecule has 1 rings (SSSR count). The molecule has 2 unspecified atom stereocenters. The van der Waals surface area contributed by atoms with Crippen LogP contribution >= 0.6 is 0 Å². The van der Waals surface area contributed by atoms with E-state index in [4.69, 9.17) is 4.74 Å². The van der Waals surface area contributed by atoms with Crippen LogP contribution in [0.3, 0.4) is 0 Å². The highest BCUT2D eigenvalue weighted by atomic mass is 16.5. The first-order valence-electron chi connectivity index (χ1n) is 7.14. The molecule has 1 aromatic carbocycles. The van der Waals surface area contributed by atoms with E-state index in [0.717, 1.165) is 18.4 Å². The third-order valence-electron chi connectivity index (χ3n) is 3.13. The van der Waals surface area contributed by atoms with Gasteiger partial charge in [0.2, 0.25) is 0 Å². The van der Waals surface area contributed by atoms with Crippen LogP contribution in [0.2, 0.25) is 0 Å². The van der Waals surface area contributed by atoms with Crippen molar-refractivity contribution in [2.45, 2.75) is 39.2 Å². The van der Waals surface area contributed by atoms with Gasteiger partial charge >= 0.3 is 5.97 Å². The topological polar surface area (TPSA) is 26.3 Å². The Balaban J connectivity index is 2.28. The number of hydrogen-bond donors (Lipinski definition) is 0. The maximum atomic E-state index is 11.8. The zero-order valence-electron chi connectivity index (χ0n) is 12.4. The molecule has 108 valence electrons. The lowest BCUT2D eigenvalue weighted by Crippen LogP contribution is -2.17. The number of ether oxygens (including phenoxy) is 1. The van der Waals surface area contributed by atoms with Gasteiger partial charge in [0, 0.05) is 0 Å². The third-order valence-corrected chi connectivity index (χ3v) is 3.13. The standard InChI is InChI=1S/C18H24O2/c1-4-5-9-15(2)12-13-16(3)20-18(19)14-17-10-7-6-8-11-17/h4-11,15-16H,1,12-14H2,2-3H3/b9-5+. The Morgan fingerprint density at radius 1 is 1.25 bits per heavy atom. The zero-order chi connectivity index (χ0) is 14.8. The van der Waals surface area contributed by atoms with Gasteiger partial charge in [0.25, 0.3) is 0 Å². The summed E-state index contributed by atoms with van der Waals surface area (Å²) in [6, 6.07) is 9.68. The summed E-state index contributed by atoms with van der Waals surface area (Å²) in [5, 5.41) is 0. The van der Waals surface area contributed by atoms with Crippen molar-refractivity contribution in [1.82, 2.24) is 0 Å². The molecule has 0 bridgehead atoms. The Morgan fingerprint density at radius 2 is 1.95 bits per heavy atom. The van der Waals surface area contributed by atoms with Crippen molar-refractivity contribution < 1.29 is 9.53 Å². The van der Waals surface area contributed by atoms with E-state index in [1.165, 1.54) is 0 Å². The van der Waals surface area contributed by atoms with Crippen LogP contribution in [0.4, 0.5) is 0 Å². The smallest absolute Gasteiger partial charge is 0.310 e. The lowest BCUT2D eigenvalue weighted by Gasteiger charge is -2.14. The fraction of sp³-hybridized carbons (Fsp3) is 0.389. The molecular formula is C18H24O2. The van der Waals surface area contributed by atoms with Crippen LogP contribution in [0.25, 0.3) is 0 Å². The highest BCUT2D eigenvalue weighted by Crippen LogP contribution is 2.12. The minimum Gasteiger partial charge on any atom is -0.462 e. The van der Waals surface area contributed by atoms with Crippen LogP contribution in [0.15, 0.2) is 55.1 Å². The maximum absolute atomic E-state index is 11.8. The summed E-state index contributed by atoms with van der Waals surface area (Å²) in [7, 11) is 0. The number of carbonyl (C=O) groups is 1. The summed E-state index contributed by atoms with van der Waals surface area (Å²) in [6.45, 7) is 7.75. The fourth-order valence-corrected chi connectivity index (χ4v) is 1.95. The van der Waals surface area contributed by atoms with E-state index in [-0.39, 0.29) is 12.1 Å². The van der Waals surface area contributed by atoms with Gasteiger partial charge in [-0.25, -0.2) is 0 Å². The molecule has 2 atom stereocenters. The minimum atomic E-state index is -0.155.